The van der Waals surface area contributed by atoms with E-state index in [0.717, 1.165) is 10.4 Å². The van der Waals surface area contributed by atoms with Crippen molar-refractivity contribution in [2.45, 2.75) is 26.1 Å². The lowest BCUT2D eigenvalue weighted by Gasteiger charge is -2.33. The van der Waals surface area contributed by atoms with Crippen LogP contribution >= 0.6 is 0 Å². The van der Waals surface area contributed by atoms with Gasteiger partial charge in [-0.15, -0.1) is 0 Å². The van der Waals surface area contributed by atoms with Crippen molar-refractivity contribution >= 4 is 18.9 Å². The average Bonchev–Trinajstić information content (AvgIpc) is 2.69. The van der Waals surface area contributed by atoms with E-state index in [1.165, 1.54) is 0 Å². The second-order valence-electron chi connectivity index (χ2n) is 5.38. The first-order valence-electron chi connectivity index (χ1n) is 7.36. The van der Waals surface area contributed by atoms with E-state index in [4.69, 9.17) is 8.85 Å². The maximum Gasteiger partial charge on any atom is 0.408 e. The van der Waals surface area contributed by atoms with Crippen LogP contribution in [0, 0.1) is 0 Å². The molecule has 1 heterocycles. The van der Waals surface area contributed by atoms with Crippen LogP contribution in [0.25, 0.3) is 0 Å². The van der Waals surface area contributed by atoms with Crippen LogP contribution in [-0.4, -0.2) is 20.8 Å². The maximum absolute atomic E-state index is 6.47. The van der Waals surface area contributed by atoms with E-state index in [9.17, 15) is 0 Å². The first-order valence-corrected chi connectivity index (χ1v) is 9.17. The summed E-state index contributed by atoms with van der Waals surface area (Å²) in [7, 11) is -2.67. The predicted molar refractivity (Wildman–Crippen MR) is 88.1 cm³/mol. The molecule has 0 bridgehead atoms. The zero-order valence-corrected chi connectivity index (χ0v) is 13.4. The van der Waals surface area contributed by atoms with Crippen LogP contribution in [0.1, 0.15) is 13.8 Å². The van der Waals surface area contributed by atoms with Crippen LogP contribution in [0.15, 0.2) is 72.8 Å². The number of benzene rings is 2. The van der Waals surface area contributed by atoms with Gasteiger partial charge in [-0.1, -0.05) is 72.8 Å². The lowest BCUT2D eigenvalue weighted by molar-refractivity contribution is 0.161. The van der Waals surface area contributed by atoms with Gasteiger partial charge < -0.3 is 8.85 Å². The van der Waals surface area contributed by atoms with Crippen molar-refractivity contribution in [3.05, 3.63) is 72.8 Å². The highest BCUT2D eigenvalue weighted by molar-refractivity contribution is 6.92. The minimum absolute atomic E-state index is 0.0435. The first-order chi connectivity index (χ1) is 10.2. The maximum atomic E-state index is 6.47. The molecule has 108 valence electrons. The molecule has 0 amide bonds. The average molecular weight is 296 g/mol. The summed E-state index contributed by atoms with van der Waals surface area (Å²) < 4.78 is 12.9. The van der Waals surface area contributed by atoms with Gasteiger partial charge in [0.25, 0.3) is 0 Å². The highest BCUT2D eigenvalue weighted by Crippen LogP contribution is 2.19. The molecule has 0 radical (unpaired) electrons. The molecule has 21 heavy (non-hydrogen) atoms. The van der Waals surface area contributed by atoms with Crippen molar-refractivity contribution in [3.63, 3.8) is 0 Å². The van der Waals surface area contributed by atoms with Gasteiger partial charge in [-0.05, 0) is 24.2 Å². The summed E-state index contributed by atoms with van der Waals surface area (Å²) in [4.78, 5) is 0. The van der Waals surface area contributed by atoms with Crippen LogP contribution in [0.4, 0.5) is 0 Å². The van der Waals surface area contributed by atoms with E-state index in [-0.39, 0.29) is 12.2 Å². The Balaban J connectivity index is 2.16. The molecule has 1 aliphatic rings. The van der Waals surface area contributed by atoms with Gasteiger partial charge in [0, 0.05) is 0 Å². The van der Waals surface area contributed by atoms with E-state index in [2.05, 4.69) is 50.3 Å². The molecule has 2 aromatic rings. The van der Waals surface area contributed by atoms with Crippen LogP contribution in [-0.2, 0) is 8.85 Å². The van der Waals surface area contributed by atoms with Crippen LogP contribution in [0.5, 0.6) is 0 Å². The summed E-state index contributed by atoms with van der Waals surface area (Å²) in [6, 6.07) is 20.7. The Kier molecular flexibility index (Phi) is 4.06. The Morgan fingerprint density at radius 1 is 0.667 bits per heavy atom. The number of hydrogen-bond acceptors (Lipinski definition) is 2. The smallest absolute Gasteiger partial charge is 0.381 e. The summed E-state index contributed by atoms with van der Waals surface area (Å²) in [5.74, 6) is 0. The van der Waals surface area contributed by atoms with Gasteiger partial charge in [-0.2, -0.15) is 0 Å². The molecule has 1 aliphatic heterocycles. The van der Waals surface area contributed by atoms with Gasteiger partial charge in [-0.25, -0.2) is 0 Å². The van der Waals surface area contributed by atoms with Crippen molar-refractivity contribution in [3.8, 4) is 0 Å². The minimum Gasteiger partial charge on any atom is -0.381 e. The third-order valence-electron chi connectivity index (χ3n) is 3.66. The van der Waals surface area contributed by atoms with Crippen LogP contribution in [0.3, 0.4) is 0 Å². The summed E-state index contributed by atoms with van der Waals surface area (Å²) >= 11 is 0. The van der Waals surface area contributed by atoms with Crippen molar-refractivity contribution < 1.29 is 8.85 Å². The molecular formula is C18H20O2Si. The van der Waals surface area contributed by atoms with Gasteiger partial charge in [0.1, 0.15) is 0 Å². The Morgan fingerprint density at radius 2 is 1.05 bits per heavy atom. The fraction of sp³-hybridized carbons (Fsp3) is 0.222. The fourth-order valence-corrected chi connectivity index (χ4v) is 6.10. The molecule has 2 unspecified atom stereocenters. The highest BCUT2D eigenvalue weighted by atomic mass is 28.4. The summed E-state index contributed by atoms with van der Waals surface area (Å²) in [5, 5.41) is 2.30. The standard InChI is InChI=1S/C18H20O2Si/c1-15-13-14-16(2)20-21(19-15,17-9-5-3-6-10-17)18-11-7-4-8-12-18/h3-16H,1-2H3. The Hall–Kier alpha value is -1.68. The third kappa shape index (κ3) is 2.86. The number of rotatable bonds is 2. The summed E-state index contributed by atoms with van der Waals surface area (Å²) in [5.41, 5.74) is 0. The molecular weight excluding hydrogens is 276 g/mol. The lowest BCUT2D eigenvalue weighted by atomic mass is 10.3. The van der Waals surface area contributed by atoms with Gasteiger partial charge in [0.2, 0.25) is 0 Å². The van der Waals surface area contributed by atoms with Crippen molar-refractivity contribution in [2.75, 3.05) is 0 Å². The van der Waals surface area contributed by atoms with Crippen LogP contribution in [0.2, 0.25) is 0 Å². The molecule has 0 N–H and O–H groups in total. The highest BCUT2D eigenvalue weighted by Gasteiger charge is 2.45. The lowest BCUT2D eigenvalue weighted by Crippen LogP contribution is -2.64. The zero-order chi connectivity index (χ0) is 14.7. The molecule has 2 nitrogen and oxygen atoms in total. The predicted octanol–water partition coefficient (Wildman–Crippen LogP) is 2.62. The molecule has 0 spiro atoms. The second-order valence-corrected chi connectivity index (χ2v) is 8.24. The molecule has 2 aromatic carbocycles. The minimum atomic E-state index is -2.67. The number of hydrogen-bond donors (Lipinski definition) is 0. The molecule has 0 saturated carbocycles. The summed E-state index contributed by atoms with van der Waals surface area (Å²) in [6.07, 6.45) is 4.26. The second kappa shape index (κ2) is 5.98. The Bertz CT molecular complexity index is 554. The van der Waals surface area contributed by atoms with E-state index >= 15 is 0 Å². The SMILES string of the molecule is CC1C=CC(C)O[Si](c2ccccc2)(c2ccccc2)O1. The monoisotopic (exact) mass is 296 g/mol. The largest absolute Gasteiger partial charge is 0.408 e. The van der Waals surface area contributed by atoms with Crippen molar-refractivity contribution in [1.82, 2.24) is 0 Å². The molecule has 0 saturated heterocycles. The quantitative estimate of drug-likeness (QED) is 0.626. The van der Waals surface area contributed by atoms with Crippen molar-refractivity contribution in [1.29, 1.82) is 0 Å². The fourth-order valence-electron chi connectivity index (χ4n) is 2.70. The van der Waals surface area contributed by atoms with Crippen molar-refractivity contribution in [2.24, 2.45) is 0 Å². The zero-order valence-electron chi connectivity index (χ0n) is 12.4. The first kappa shape index (κ1) is 14.3. The van der Waals surface area contributed by atoms with E-state index in [0.29, 0.717) is 0 Å². The van der Waals surface area contributed by atoms with Crippen LogP contribution < -0.4 is 10.4 Å². The molecule has 2 atom stereocenters. The van der Waals surface area contributed by atoms with Gasteiger partial charge in [0.15, 0.2) is 0 Å². The van der Waals surface area contributed by atoms with E-state index in [1.54, 1.807) is 0 Å². The molecule has 3 rings (SSSR count). The molecule has 3 heteroatoms. The molecule has 0 aromatic heterocycles. The summed E-state index contributed by atoms with van der Waals surface area (Å²) in [6.45, 7) is 4.15. The van der Waals surface area contributed by atoms with Gasteiger partial charge in [-0.3, -0.25) is 0 Å². The Morgan fingerprint density at radius 3 is 1.43 bits per heavy atom. The third-order valence-corrected chi connectivity index (χ3v) is 7.26. The topological polar surface area (TPSA) is 18.5 Å². The van der Waals surface area contributed by atoms with Gasteiger partial charge >= 0.3 is 8.56 Å². The van der Waals surface area contributed by atoms with E-state index < -0.39 is 8.56 Å². The molecule has 0 aliphatic carbocycles. The Labute approximate surface area is 127 Å². The van der Waals surface area contributed by atoms with Gasteiger partial charge in [0.05, 0.1) is 12.2 Å². The normalized spacial score (nSPS) is 24.5. The van der Waals surface area contributed by atoms with E-state index in [1.807, 2.05) is 36.4 Å². The molecule has 0 fully saturated rings.